The van der Waals surface area contributed by atoms with Crippen LogP contribution >= 0.6 is 35.0 Å². The highest BCUT2D eigenvalue weighted by molar-refractivity contribution is 8.00. The molecular formula is C18H13Cl2NOS. The van der Waals surface area contributed by atoms with E-state index in [2.05, 4.69) is 5.32 Å². The molecule has 1 amide bonds. The second kappa shape index (κ2) is 7.26. The summed E-state index contributed by atoms with van der Waals surface area (Å²) in [4.78, 5) is 13.1. The van der Waals surface area contributed by atoms with E-state index < -0.39 is 0 Å². The summed E-state index contributed by atoms with van der Waals surface area (Å²) in [5.74, 6) is 0.220. The summed E-state index contributed by atoms with van der Waals surface area (Å²) in [7, 11) is 0. The van der Waals surface area contributed by atoms with Crippen LogP contribution in [0.3, 0.4) is 0 Å². The number of carbonyl (C=O) groups is 1. The molecule has 0 unspecified atom stereocenters. The van der Waals surface area contributed by atoms with Crippen LogP contribution in [0.25, 0.3) is 10.8 Å². The number of hydrogen-bond acceptors (Lipinski definition) is 2. The number of thioether (sulfide) groups is 1. The van der Waals surface area contributed by atoms with Gasteiger partial charge in [-0.15, -0.1) is 11.8 Å². The van der Waals surface area contributed by atoms with Gasteiger partial charge >= 0.3 is 0 Å². The molecule has 0 bridgehead atoms. The van der Waals surface area contributed by atoms with E-state index in [0.29, 0.717) is 21.5 Å². The van der Waals surface area contributed by atoms with E-state index in [0.717, 1.165) is 15.7 Å². The number of benzene rings is 3. The number of nitrogens with one attached hydrogen (secondary N) is 1. The Bertz CT molecular complexity index is 861. The molecule has 0 saturated heterocycles. The molecule has 0 atom stereocenters. The summed E-state index contributed by atoms with van der Waals surface area (Å²) in [6.45, 7) is 0. The first kappa shape index (κ1) is 16.2. The maximum Gasteiger partial charge on any atom is 0.234 e. The van der Waals surface area contributed by atoms with Gasteiger partial charge < -0.3 is 5.32 Å². The van der Waals surface area contributed by atoms with Gasteiger partial charge in [-0.3, -0.25) is 4.79 Å². The van der Waals surface area contributed by atoms with Gasteiger partial charge in [0, 0.05) is 26.0 Å². The zero-order valence-corrected chi connectivity index (χ0v) is 14.4. The minimum absolute atomic E-state index is 0.0821. The van der Waals surface area contributed by atoms with Gasteiger partial charge in [-0.1, -0.05) is 53.5 Å². The Morgan fingerprint density at radius 2 is 1.74 bits per heavy atom. The van der Waals surface area contributed by atoms with Crippen LogP contribution < -0.4 is 5.32 Å². The van der Waals surface area contributed by atoms with Crippen LogP contribution in [0, 0.1) is 0 Å². The van der Waals surface area contributed by atoms with Crippen LogP contribution in [-0.2, 0) is 4.79 Å². The highest BCUT2D eigenvalue weighted by Crippen LogP contribution is 2.33. The zero-order chi connectivity index (χ0) is 16.2. The quantitative estimate of drug-likeness (QED) is 0.588. The van der Waals surface area contributed by atoms with Crippen molar-refractivity contribution >= 4 is 57.3 Å². The molecule has 23 heavy (non-hydrogen) atoms. The van der Waals surface area contributed by atoms with Gasteiger partial charge in [-0.25, -0.2) is 0 Å². The number of rotatable bonds is 4. The molecule has 2 nitrogen and oxygen atoms in total. The third-order valence-electron chi connectivity index (χ3n) is 3.28. The Labute approximate surface area is 148 Å². The third-order valence-corrected chi connectivity index (χ3v) is 4.89. The van der Waals surface area contributed by atoms with Crippen molar-refractivity contribution in [3.8, 4) is 0 Å². The lowest BCUT2D eigenvalue weighted by Gasteiger charge is -2.09. The molecule has 3 aromatic carbocycles. The molecule has 1 N–H and O–H groups in total. The molecule has 0 aromatic heterocycles. The second-order valence-electron chi connectivity index (χ2n) is 4.94. The molecule has 0 fully saturated rings. The highest BCUT2D eigenvalue weighted by Gasteiger charge is 2.08. The SMILES string of the molecule is O=C(CSc1cccc2cccc(Cl)c12)Nc1cccc(Cl)c1. The average Bonchev–Trinajstić information content (AvgIpc) is 2.53. The van der Waals surface area contributed by atoms with Crippen molar-refractivity contribution in [1.29, 1.82) is 0 Å². The first-order valence-corrected chi connectivity index (χ1v) is 8.73. The van der Waals surface area contributed by atoms with Crippen molar-refractivity contribution in [2.24, 2.45) is 0 Å². The summed E-state index contributed by atoms with van der Waals surface area (Å²) in [5, 5.41) is 6.18. The minimum atomic E-state index is -0.0821. The molecule has 3 rings (SSSR count). The molecule has 0 heterocycles. The largest absolute Gasteiger partial charge is 0.325 e. The Morgan fingerprint density at radius 3 is 2.52 bits per heavy atom. The Balaban J connectivity index is 1.72. The molecule has 0 spiro atoms. The standard InChI is InChI=1S/C18H13Cl2NOS/c19-13-6-3-7-14(10-13)21-17(22)11-23-16-9-2-5-12-4-1-8-15(20)18(12)16/h1-10H,11H2,(H,21,22). The van der Waals surface area contributed by atoms with E-state index in [1.807, 2.05) is 42.5 Å². The van der Waals surface area contributed by atoms with Crippen molar-refractivity contribution in [1.82, 2.24) is 0 Å². The summed E-state index contributed by atoms with van der Waals surface area (Å²) in [5.41, 5.74) is 0.694. The predicted octanol–water partition coefficient (Wildman–Crippen LogP) is 5.88. The van der Waals surface area contributed by atoms with Gasteiger partial charge in [-0.2, -0.15) is 0 Å². The van der Waals surface area contributed by atoms with Crippen molar-refractivity contribution < 1.29 is 4.79 Å². The first-order valence-electron chi connectivity index (χ1n) is 6.99. The highest BCUT2D eigenvalue weighted by atomic mass is 35.5. The summed E-state index contributed by atoms with van der Waals surface area (Å²) < 4.78 is 0. The van der Waals surface area contributed by atoms with Gasteiger partial charge in [0.25, 0.3) is 0 Å². The molecule has 116 valence electrons. The predicted molar refractivity (Wildman–Crippen MR) is 99.8 cm³/mol. The lowest BCUT2D eigenvalue weighted by Crippen LogP contribution is -2.13. The molecule has 3 aromatic rings. The van der Waals surface area contributed by atoms with Gasteiger partial charge in [0.2, 0.25) is 5.91 Å². The number of amides is 1. The van der Waals surface area contributed by atoms with Crippen LogP contribution in [0.4, 0.5) is 5.69 Å². The molecule has 0 aliphatic carbocycles. The van der Waals surface area contributed by atoms with Crippen LogP contribution in [0.15, 0.2) is 65.6 Å². The van der Waals surface area contributed by atoms with Gasteiger partial charge in [0.1, 0.15) is 0 Å². The lowest BCUT2D eigenvalue weighted by atomic mass is 10.1. The molecule has 0 aliphatic rings. The maximum atomic E-state index is 12.1. The van der Waals surface area contributed by atoms with Crippen molar-refractivity contribution in [2.45, 2.75) is 4.90 Å². The summed E-state index contributed by atoms with van der Waals surface area (Å²) in [6.07, 6.45) is 0. The molecule has 0 saturated carbocycles. The lowest BCUT2D eigenvalue weighted by molar-refractivity contribution is -0.113. The summed E-state index contributed by atoms with van der Waals surface area (Å²) in [6, 6.07) is 18.8. The fraction of sp³-hybridized carbons (Fsp3) is 0.0556. The Hall–Kier alpha value is -1.68. The van der Waals surface area contributed by atoms with E-state index in [9.17, 15) is 4.79 Å². The number of halogens is 2. The van der Waals surface area contributed by atoms with Crippen LogP contribution in [0.1, 0.15) is 0 Å². The third kappa shape index (κ3) is 3.99. The van der Waals surface area contributed by atoms with Crippen LogP contribution in [0.2, 0.25) is 10.0 Å². The zero-order valence-electron chi connectivity index (χ0n) is 12.1. The van der Waals surface area contributed by atoms with Gasteiger partial charge in [0.15, 0.2) is 0 Å². The second-order valence-corrected chi connectivity index (χ2v) is 6.80. The van der Waals surface area contributed by atoms with E-state index in [1.54, 1.807) is 18.2 Å². The maximum absolute atomic E-state index is 12.1. The van der Waals surface area contributed by atoms with E-state index in [4.69, 9.17) is 23.2 Å². The number of anilines is 1. The molecule has 0 radical (unpaired) electrons. The smallest absolute Gasteiger partial charge is 0.234 e. The van der Waals surface area contributed by atoms with Crippen LogP contribution in [-0.4, -0.2) is 11.7 Å². The fourth-order valence-electron chi connectivity index (χ4n) is 2.29. The number of carbonyl (C=O) groups excluding carboxylic acids is 1. The van der Waals surface area contributed by atoms with Crippen molar-refractivity contribution in [3.05, 3.63) is 70.7 Å². The van der Waals surface area contributed by atoms with Crippen LogP contribution in [0.5, 0.6) is 0 Å². The summed E-state index contributed by atoms with van der Waals surface area (Å²) >= 11 is 13.7. The van der Waals surface area contributed by atoms with Gasteiger partial charge in [-0.05, 0) is 35.7 Å². The fourth-order valence-corrected chi connectivity index (χ4v) is 3.72. The number of fused-ring (bicyclic) bond motifs is 1. The van der Waals surface area contributed by atoms with E-state index in [-0.39, 0.29) is 5.91 Å². The topological polar surface area (TPSA) is 29.1 Å². The minimum Gasteiger partial charge on any atom is -0.325 e. The number of hydrogen-bond donors (Lipinski definition) is 1. The van der Waals surface area contributed by atoms with Gasteiger partial charge in [0.05, 0.1) is 5.75 Å². The first-order chi connectivity index (χ1) is 11.1. The van der Waals surface area contributed by atoms with Crippen molar-refractivity contribution in [2.75, 3.05) is 11.1 Å². The molecule has 5 heteroatoms. The van der Waals surface area contributed by atoms with E-state index in [1.165, 1.54) is 11.8 Å². The molecular weight excluding hydrogens is 349 g/mol. The molecule has 0 aliphatic heterocycles. The normalized spacial score (nSPS) is 10.7. The van der Waals surface area contributed by atoms with E-state index >= 15 is 0 Å². The monoisotopic (exact) mass is 361 g/mol. The van der Waals surface area contributed by atoms with Crippen molar-refractivity contribution in [3.63, 3.8) is 0 Å². The average molecular weight is 362 g/mol. The Kier molecular flexibility index (Phi) is 5.11. The Morgan fingerprint density at radius 1 is 1.00 bits per heavy atom.